The van der Waals surface area contributed by atoms with Gasteiger partial charge in [-0.3, -0.25) is 4.90 Å². The van der Waals surface area contributed by atoms with Gasteiger partial charge in [0.1, 0.15) is 5.82 Å². The predicted octanol–water partition coefficient (Wildman–Crippen LogP) is 2.50. The summed E-state index contributed by atoms with van der Waals surface area (Å²) >= 11 is 0. The normalized spacial score (nSPS) is 25.7. The van der Waals surface area contributed by atoms with Crippen LogP contribution in [-0.2, 0) is 0 Å². The molecule has 2 aliphatic heterocycles. The van der Waals surface area contributed by atoms with Crippen LogP contribution < -0.4 is 4.90 Å². The second-order valence-corrected chi connectivity index (χ2v) is 5.11. The lowest BCUT2D eigenvalue weighted by atomic mass is 9.99. The molecule has 2 nitrogen and oxygen atoms in total. The zero-order chi connectivity index (χ0) is 11.7. The molecule has 92 valence electrons. The van der Waals surface area contributed by atoms with Crippen molar-refractivity contribution in [2.24, 2.45) is 0 Å². The molecule has 0 spiro atoms. The molecule has 0 aliphatic carbocycles. The molecule has 2 saturated heterocycles. The minimum absolute atomic E-state index is 0.148. The van der Waals surface area contributed by atoms with Crippen molar-refractivity contribution in [3.63, 3.8) is 0 Å². The number of nitrogens with zero attached hydrogens (tertiary/aromatic N) is 2. The highest BCUT2D eigenvalue weighted by Gasteiger charge is 2.28. The number of anilines is 1. The highest BCUT2D eigenvalue weighted by molar-refractivity contribution is 5.47. The van der Waals surface area contributed by atoms with Gasteiger partial charge in [-0.2, -0.15) is 0 Å². The summed E-state index contributed by atoms with van der Waals surface area (Å²) in [5, 5.41) is 0. The molecule has 3 heteroatoms. The molecule has 2 aliphatic rings. The minimum Gasteiger partial charge on any atom is -0.369 e. The number of halogens is 1. The molecule has 0 aromatic heterocycles. The lowest BCUT2D eigenvalue weighted by molar-refractivity contribution is 0.133. The third kappa shape index (κ3) is 2.29. The topological polar surface area (TPSA) is 6.48 Å². The average molecular weight is 234 g/mol. The Morgan fingerprint density at radius 2 is 1.82 bits per heavy atom. The summed E-state index contributed by atoms with van der Waals surface area (Å²) in [6, 6.07) is 7.62. The van der Waals surface area contributed by atoms with E-state index in [4.69, 9.17) is 0 Å². The van der Waals surface area contributed by atoms with Gasteiger partial charge in [0.2, 0.25) is 0 Å². The maximum Gasteiger partial charge on any atom is 0.123 e. The highest BCUT2D eigenvalue weighted by Crippen LogP contribution is 2.24. The van der Waals surface area contributed by atoms with Crippen LogP contribution in [0.25, 0.3) is 0 Å². The van der Waals surface area contributed by atoms with Crippen molar-refractivity contribution in [3.05, 3.63) is 30.1 Å². The third-order valence-electron chi connectivity index (χ3n) is 4.03. The molecule has 0 N–H and O–H groups in total. The van der Waals surface area contributed by atoms with E-state index in [2.05, 4.69) is 9.80 Å². The number of hydrogen-bond acceptors (Lipinski definition) is 2. The Bertz CT molecular complexity index is 376. The molecule has 1 aromatic rings. The smallest absolute Gasteiger partial charge is 0.123 e. The molecular weight excluding hydrogens is 215 g/mol. The molecule has 0 saturated carbocycles. The molecule has 0 radical (unpaired) electrons. The second kappa shape index (κ2) is 4.65. The number of rotatable bonds is 1. The zero-order valence-corrected chi connectivity index (χ0v) is 10.1. The highest BCUT2D eigenvalue weighted by atomic mass is 19.1. The fourth-order valence-corrected chi connectivity index (χ4v) is 3.04. The van der Waals surface area contributed by atoms with Crippen molar-refractivity contribution >= 4 is 5.69 Å². The van der Waals surface area contributed by atoms with Crippen LogP contribution in [0.2, 0.25) is 0 Å². The van der Waals surface area contributed by atoms with Crippen molar-refractivity contribution in [3.8, 4) is 0 Å². The Morgan fingerprint density at radius 1 is 1.00 bits per heavy atom. The lowest BCUT2D eigenvalue weighted by Crippen LogP contribution is -2.54. The van der Waals surface area contributed by atoms with Gasteiger partial charge in [-0.25, -0.2) is 4.39 Å². The first-order valence-corrected chi connectivity index (χ1v) is 6.57. The van der Waals surface area contributed by atoms with Crippen molar-refractivity contribution in [2.45, 2.75) is 25.3 Å². The van der Waals surface area contributed by atoms with Gasteiger partial charge in [0.25, 0.3) is 0 Å². The largest absolute Gasteiger partial charge is 0.369 e. The second-order valence-electron chi connectivity index (χ2n) is 5.11. The molecule has 3 rings (SSSR count). The first-order chi connectivity index (χ1) is 8.33. The van der Waals surface area contributed by atoms with E-state index in [0.29, 0.717) is 6.04 Å². The predicted molar refractivity (Wildman–Crippen MR) is 67.8 cm³/mol. The standard InChI is InChI=1S/C14H19FN2/c15-12-4-6-13(7-5-12)17-10-9-16-8-2-1-3-14(16)11-17/h4-7,14H,1-3,8-11H2. The Labute approximate surface area is 102 Å². The Balaban J connectivity index is 1.71. The number of fused-ring (bicyclic) bond motifs is 1. The molecule has 17 heavy (non-hydrogen) atoms. The van der Waals surface area contributed by atoms with Gasteiger partial charge >= 0.3 is 0 Å². The van der Waals surface area contributed by atoms with Crippen LogP contribution in [0.4, 0.5) is 10.1 Å². The van der Waals surface area contributed by atoms with E-state index in [0.717, 1.165) is 25.3 Å². The summed E-state index contributed by atoms with van der Waals surface area (Å²) in [7, 11) is 0. The van der Waals surface area contributed by atoms with Crippen LogP contribution in [0, 0.1) is 5.82 Å². The Morgan fingerprint density at radius 3 is 2.65 bits per heavy atom. The molecule has 2 fully saturated rings. The number of benzene rings is 1. The fourth-order valence-electron chi connectivity index (χ4n) is 3.04. The van der Waals surface area contributed by atoms with E-state index in [-0.39, 0.29) is 5.82 Å². The van der Waals surface area contributed by atoms with Crippen molar-refractivity contribution < 1.29 is 4.39 Å². The minimum atomic E-state index is -0.148. The van der Waals surface area contributed by atoms with E-state index in [1.165, 1.54) is 25.8 Å². The van der Waals surface area contributed by atoms with E-state index >= 15 is 0 Å². The summed E-state index contributed by atoms with van der Waals surface area (Å²) in [5.74, 6) is -0.148. The number of piperidine rings is 1. The Kier molecular flexibility index (Phi) is 3.02. The van der Waals surface area contributed by atoms with Crippen LogP contribution in [0.3, 0.4) is 0 Å². The fraction of sp³-hybridized carbons (Fsp3) is 0.571. The van der Waals surface area contributed by atoms with Crippen LogP contribution >= 0.6 is 0 Å². The summed E-state index contributed by atoms with van der Waals surface area (Å²) in [6.07, 6.45) is 4.03. The van der Waals surface area contributed by atoms with Gasteiger partial charge in [-0.05, 0) is 43.7 Å². The Hall–Kier alpha value is -1.09. The summed E-state index contributed by atoms with van der Waals surface area (Å²) in [4.78, 5) is 5.01. The molecule has 1 atom stereocenters. The number of piperazine rings is 1. The monoisotopic (exact) mass is 234 g/mol. The van der Waals surface area contributed by atoms with Gasteiger partial charge < -0.3 is 4.90 Å². The van der Waals surface area contributed by atoms with Gasteiger partial charge in [-0.1, -0.05) is 6.42 Å². The average Bonchev–Trinajstić information content (AvgIpc) is 2.39. The quantitative estimate of drug-likeness (QED) is 0.736. The first-order valence-electron chi connectivity index (χ1n) is 6.57. The van der Waals surface area contributed by atoms with Gasteiger partial charge in [0, 0.05) is 31.4 Å². The van der Waals surface area contributed by atoms with Gasteiger partial charge in [0.15, 0.2) is 0 Å². The van der Waals surface area contributed by atoms with Gasteiger partial charge in [-0.15, -0.1) is 0 Å². The van der Waals surface area contributed by atoms with E-state index < -0.39 is 0 Å². The van der Waals surface area contributed by atoms with Gasteiger partial charge in [0.05, 0.1) is 0 Å². The third-order valence-corrected chi connectivity index (χ3v) is 4.03. The number of hydrogen-bond donors (Lipinski definition) is 0. The molecule has 2 heterocycles. The first kappa shape index (κ1) is 11.0. The zero-order valence-electron chi connectivity index (χ0n) is 10.1. The van der Waals surface area contributed by atoms with Crippen molar-refractivity contribution in [1.29, 1.82) is 0 Å². The van der Waals surface area contributed by atoms with Crippen LogP contribution in [0.5, 0.6) is 0 Å². The van der Waals surface area contributed by atoms with Crippen LogP contribution in [-0.4, -0.2) is 37.1 Å². The van der Waals surface area contributed by atoms with Crippen molar-refractivity contribution in [2.75, 3.05) is 31.1 Å². The maximum absolute atomic E-state index is 12.9. The SMILES string of the molecule is Fc1ccc(N2CCN3CCCCC3C2)cc1. The van der Waals surface area contributed by atoms with E-state index in [1.54, 1.807) is 12.1 Å². The summed E-state index contributed by atoms with van der Waals surface area (Å²) in [5.41, 5.74) is 1.16. The van der Waals surface area contributed by atoms with E-state index in [1.807, 2.05) is 12.1 Å². The molecule has 1 aromatic carbocycles. The molecule has 1 unspecified atom stereocenters. The van der Waals surface area contributed by atoms with Crippen molar-refractivity contribution in [1.82, 2.24) is 4.90 Å². The van der Waals surface area contributed by atoms with E-state index in [9.17, 15) is 4.39 Å². The summed E-state index contributed by atoms with van der Waals surface area (Å²) < 4.78 is 12.9. The summed E-state index contributed by atoms with van der Waals surface area (Å²) in [6.45, 7) is 4.59. The molecule has 0 bridgehead atoms. The van der Waals surface area contributed by atoms with Crippen LogP contribution in [0.15, 0.2) is 24.3 Å². The molecular formula is C14H19FN2. The maximum atomic E-state index is 12.9. The molecule has 0 amide bonds. The van der Waals surface area contributed by atoms with Crippen LogP contribution in [0.1, 0.15) is 19.3 Å². The lowest BCUT2D eigenvalue weighted by Gasteiger charge is -2.44.